The van der Waals surface area contributed by atoms with E-state index in [0.29, 0.717) is 31.0 Å². The van der Waals surface area contributed by atoms with Crippen molar-refractivity contribution in [2.45, 2.75) is 64.0 Å². The van der Waals surface area contributed by atoms with Gasteiger partial charge < -0.3 is 5.32 Å². The summed E-state index contributed by atoms with van der Waals surface area (Å²) in [6.07, 6.45) is 7.97. The fourth-order valence-electron chi connectivity index (χ4n) is 3.62. The van der Waals surface area contributed by atoms with Crippen molar-refractivity contribution in [1.82, 2.24) is 14.3 Å². The maximum absolute atomic E-state index is 12.6. The first-order valence-electron chi connectivity index (χ1n) is 8.55. The lowest BCUT2D eigenvalue weighted by Crippen LogP contribution is -2.50. The van der Waals surface area contributed by atoms with Crippen molar-refractivity contribution in [1.29, 1.82) is 0 Å². The third kappa shape index (κ3) is 4.18. The number of nitrogens with zero attached hydrogens (tertiary/aromatic N) is 1. The van der Waals surface area contributed by atoms with Crippen molar-refractivity contribution in [2.75, 3.05) is 19.6 Å². The molecule has 1 saturated heterocycles. The van der Waals surface area contributed by atoms with Crippen molar-refractivity contribution < 1.29 is 8.42 Å². The summed E-state index contributed by atoms with van der Waals surface area (Å²) in [7, 11) is -3.30. The largest absolute Gasteiger partial charge is 0.314 e. The van der Waals surface area contributed by atoms with Gasteiger partial charge in [-0.15, -0.1) is 0 Å². The smallest absolute Gasteiger partial charge is 0.279 e. The zero-order chi connectivity index (χ0) is 14.9. The molecule has 1 aliphatic heterocycles. The van der Waals surface area contributed by atoms with Crippen LogP contribution in [0.15, 0.2) is 0 Å². The molecular formula is C15H29N3O2S. The summed E-state index contributed by atoms with van der Waals surface area (Å²) < 4.78 is 29.8. The van der Waals surface area contributed by atoms with E-state index in [1.165, 1.54) is 12.8 Å². The van der Waals surface area contributed by atoms with E-state index >= 15 is 0 Å². The van der Waals surface area contributed by atoms with Gasteiger partial charge in [-0.3, -0.25) is 0 Å². The van der Waals surface area contributed by atoms with Gasteiger partial charge in [-0.25, -0.2) is 0 Å². The van der Waals surface area contributed by atoms with Crippen LogP contribution in [0, 0.1) is 11.8 Å². The number of piperidine rings is 1. The van der Waals surface area contributed by atoms with Crippen LogP contribution in [0.5, 0.6) is 0 Å². The van der Waals surface area contributed by atoms with Crippen molar-refractivity contribution in [2.24, 2.45) is 11.8 Å². The monoisotopic (exact) mass is 315 g/mol. The Bertz CT molecular complexity index is 450. The van der Waals surface area contributed by atoms with E-state index in [4.69, 9.17) is 0 Å². The van der Waals surface area contributed by atoms with Crippen LogP contribution < -0.4 is 10.0 Å². The second-order valence-electron chi connectivity index (χ2n) is 7.19. The van der Waals surface area contributed by atoms with Crippen LogP contribution in [0.3, 0.4) is 0 Å². The van der Waals surface area contributed by atoms with Crippen LogP contribution in [0.2, 0.25) is 0 Å². The first-order valence-corrected chi connectivity index (χ1v) is 9.99. The zero-order valence-corrected chi connectivity index (χ0v) is 13.9. The van der Waals surface area contributed by atoms with Crippen LogP contribution in [0.25, 0.3) is 0 Å². The number of rotatable bonds is 6. The highest BCUT2D eigenvalue weighted by Gasteiger charge is 2.34. The summed E-state index contributed by atoms with van der Waals surface area (Å²) >= 11 is 0. The van der Waals surface area contributed by atoms with Crippen LogP contribution in [0.4, 0.5) is 0 Å². The fourth-order valence-corrected chi connectivity index (χ4v) is 5.28. The van der Waals surface area contributed by atoms with Gasteiger partial charge in [0.1, 0.15) is 0 Å². The first kappa shape index (κ1) is 15.7. The first-order chi connectivity index (χ1) is 10.0. The van der Waals surface area contributed by atoms with Gasteiger partial charge in [-0.05, 0) is 56.9 Å². The van der Waals surface area contributed by atoms with Gasteiger partial charge in [-0.1, -0.05) is 13.3 Å². The van der Waals surface area contributed by atoms with Gasteiger partial charge in [0, 0.05) is 25.2 Å². The molecule has 3 atom stereocenters. The molecule has 0 aromatic rings. The van der Waals surface area contributed by atoms with Gasteiger partial charge in [0.15, 0.2) is 0 Å². The van der Waals surface area contributed by atoms with Crippen LogP contribution >= 0.6 is 0 Å². The van der Waals surface area contributed by atoms with Gasteiger partial charge in [0.2, 0.25) is 0 Å². The maximum atomic E-state index is 12.6. The van der Waals surface area contributed by atoms with Crippen LogP contribution in [-0.4, -0.2) is 44.4 Å². The molecule has 3 fully saturated rings. The lowest BCUT2D eigenvalue weighted by molar-refractivity contribution is 0.255. The molecule has 21 heavy (non-hydrogen) atoms. The van der Waals surface area contributed by atoms with Crippen molar-refractivity contribution in [3.05, 3.63) is 0 Å². The minimum atomic E-state index is -3.30. The molecule has 5 nitrogen and oxygen atoms in total. The van der Waals surface area contributed by atoms with E-state index in [1.54, 1.807) is 4.31 Å². The number of hydrogen-bond donors (Lipinski definition) is 2. The molecule has 1 heterocycles. The van der Waals surface area contributed by atoms with E-state index in [1.807, 2.05) is 0 Å². The minimum Gasteiger partial charge on any atom is -0.314 e. The van der Waals surface area contributed by atoms with Crippen molar-refractivity contribution >= 4 is 10.2 Å². The van der Waals surface area contributed by atoms with E-state index in [2.05, 4.69) is 17.0 Å². The van der Waals surface area contributed by atoms with Gasteiger partial charge >= 0.3 is 0 Å². The van der Waals surface area contributed by atoms with E-state index in [9.17, 15) is 8.42 Å². The molecule has 0 bridgehead atoms. The lowest BCUT2D eigenvalue weighted by Gasteiger charge is -2.33. The van der Waals surface area contributed by atoms with Crippen LogP contribution in [-0.2, 0) is 10.2 Å². The predicted molar refractivity (Wildman–Crippen MR) is 84.2 cm³/mol. The molecule has 3 aliphatic rings. The standard InChI is InChI=1S/C15H29N3O2S/c1-12-4-2-6-15(12)17-21(19,20)18-9-3-5-13(11-18)10-16-14-7-8-14/h12-17H,2-11H2,1H3. The number of hydrogen-bond acceptors (Lipinski definition) is 3. The average molecular weight is 315 g/mol. The highest BCUT2D eigenvalue weighted by atomic mass is 32.2. The summed E-state index contributed by atoms with van der Waals surface area (Å²) in [6.45, 7) is 4.47. The third-order valence-corrected chi connectivity index (χ3v) is 6.87. The highest BCUT2D eigenvalue weighted by Crippen LogP contribution is 2.27. The Balaban J connectivity index is 1.53. The van der Waals surface area contributed by atoms with Crippen LogP contribution in [0.1, 0.15) is 51.9 Å². The molecule has 0 spiro atoms. The predicted octanol–water partition coefficient (Wildman–Crippen LogP) is 1.47. The molecule has 2 aliphatic carbocycles. The highest BCUT2D eigenvalue weighted by molar-refractivity contribution is 7.87. The second kappa shape index (κ2) is 6.52. The Morgan fingerprint density at radius 1 is 1.10 bits per heavy atom. The Morgan fingerprint density at radius 3 is 2.57 bits per heavy atom. The molecule has 3 unspecified atom stereocenters. The summed E-state index contributed by atoms with van der Waals surface area (Å²) in [6, 6.07) is 0.842. The topological polar surface area (TPSA) is 61.4 Å². The molecule has 2 N–H and O–H groups in total. The molecule has 0 aromatic carbocycles. The Kier molecular flexibility index (Phi) is 4.88. The Labute approximate surface area is 129 Å². The van der Waals surface area contributed by atoms with Crippen molar-refractivity contribution in [3.63, 3.8) is 0 Å². The SMILES string of the molecule is CC1CCCC1NS(=O)(=O)N1CCCC(CNC2CC2)C1. The van der Waals surface area contributed by atoms with Gasteiger partial charge in [-0.2, -0.15) is 17.4 Å². The van der Waals surface area contributed by atoms with Gasteiger partial charge in [0.05, 0.1) is 0 Å². The summed E-state index contributed by atoms with van der Waals surface area (Å²) in [5.74, 6) is 0.939. The van der Waals surface area contributed by atoms with E-state index in [0.717, 1.165) is 38.6 Å². The molecule has 122 valence electrons. The summed E-state index contributed by atoms with van der Waals surface area (Å²) in [5.41, 5.74) is 0. The van der Waals surface area contributed by atoms with E-state index < -0.39 is 10.2 Å². The van der Waals surface area contributed by atoms with Gasteiger partial charge in [0.25, 0.3) is 10.2 Å². The summed E-state index contributed by atoms with van der Waals surface area (Å²) in [5, 5.41) is 3.54. The number of nitrogens with one attached hydrogen (secondary N) is 2. The Morgan fingerprint density at radius 2 is 1.90 bits per heavy atom. The molecule has 0 aromatic heterocycles. The molecule has 0 amide bonds. The molecular weight excluding hydrogens is 286 g/mol. The molecule has 2 saturated carbocycles. The second-order valence-corrected chi connectivity index (χ2v) is 8.89. The molecule has 0 radical (unpaired) electrons. The van der Waals surface area contributed by atoms with Crippen molar-refractivity contribution in [3.8, 4) is 0 Å². The summed E-state index contributed by atoms with van der Waals surface area (Å²) in [4.78, 5) is 0. The normalized spacial score (nSPS) is 35.2. The van der Waals surface area contributed by atoms with E-state index in [-0.39, 0.29) is 6.04 Å². The third-order valence-electron chi connectivity index (χ3n) is 5.26. The lowest BCUT2D eigenvalue weighted by atomic mass is 10.00. The zero-order valence-electron chi connectivity index (χ0n) is 13.1. The fraction of sp³-hybridized carbons (Fsp3) is 1.00. The molecule has 3 rings (SSSR count). The minimum absolute atomic E-state index is 0.139. The quantitative estimate of drug-likeness (QED) is 0.780. The average Bonchev–Trinajstić information content (AvgIpc) is 3.21. The molecule has 6 heteroatoms. The Hall–Kier alpha value is -0.170. The maximum Gasteiger partial charge on any atom is 0.279 e.